The largest absolute Gasteiger partial charge is 0.305 e. The van der Waals surface area contributed by atoms with E-state index in [-0.39, 0.29) is 6.04 Å². The molecule has 0 saturated heterocycles. The first kappa shape index (κ1) is 11.8. The lowest BCUT2D eigenvalue weighted by Gasteiger charge is -2.14. The molecule has 2 rings (SSSR count). The van der Waals surface area contributed by atoms with Crippen molar-refractivity contribution in [3.8, 4) is 0 Å². The number of hydrogen-bond donors (Lipinski definition) is 1. The lowest BCUT2D eigenvalue weighted by Crippen LogP contribution is -2.19. The van der Waals surface area contributed by atoms with Gasteiger partial charge < -0.3 is 5.32 Å². The van der Waals surface area contributed by atoms with Gasteiger partial charge in [0, 0.05) is 18.8 Å². The minimum Gasteiger partial charge on any atom is -0.305 e. The molecule has 1 heterocycles. The Morgan fingerprint density at radius 2 is 1.88 bits per heavy atom. The van der Waals surface area contributed by atoms with Crippen LogP contribution in [0, 0.1) is 6.92 Å². The average molecular weight is 226 g/mol. The second-order valence-corrected chi connectivity index (χ2v) is 4.28. The number of nitrogens with zero attached hydrogens (tertiary/aromatic N) is 1. The maximum atomic E-state index is 4.35. The van der Waals surface area contributed by atoms with Crippen molar-refractivity contribution in [2.45, 2.75) is 26.4 Å². The van der Waals surface area contributed by atoms with Gasteiger partial charge in [-0.1, -0.05) is 30.3 Å². The summed E-state index contributed by atoms with van der Waals surface area (Å²) in [6.07, 6.45) is 1.83. The van der Waals surface area contributed by atoms with Crippen molar-refractivity contribution in [3.63, 3.8) is 0 Å². The summed E-state index contributed by atoms with van der Waals surface area (Å²) >= 11 is 0. The van der Waals surface area contributed by atoms with E-state index in [1.165, 1.54) is 11.1 Å². The Bertz CT molecular complexity index is 465. The number of benzene rings is 1. The molecule has 0 fully saturated rings. The summed E-state index contributed by atoms with van der Waals surface area (Å²) in [6, 6.07) is 14.7. The van der Waals surface area contributed by atoms with Crippen LogP contribution in [-0.2, 0) is 6.54 Å². The second-order valence-electron chi connectivity index (χ2n) is 4.28. The SMILES string of the molecule is Cc1ccccc1CN[C@H](C)c1ccccn1. The van der Waals surface area contributed by atoms with Crippen LogP contribution in [0.3, 0.4) is 0 Å². The van der Waals surface area contributed by atoms with Crippen LogP contribution in [-0.4, -0.2) is 4.98 Å². The minimum absolute atomic E-state index is 0.274. The van der Waals surface area contributed by atoms with E-state index in [9.17, 15) is 0 Å². The Labute approximate surface area is 103 Å². The standard InChI is InChI=1S/C15H18N2/c1-12-7-3-4-8-14(12)11-17-13(2)15-9-5-6-10-16-15/h3-10,13,17H,11H2,1-2H3/t13-/m1/s1. The predicted molar refractivity (Wildman–Crippen MR) is 70.7 cm³/mol. The topological polar surface area (TPSA) is 24.9 Å². The lowest BCUT2D eigenvalue weighted by atomic mass is 10.1. The smallest absolute Gasteiger partial charge is 0.0570 e. The van der Waals surface area contributed by atoms with Gasteiger partial charge in [0.1, 0.15) is 0 Å². The van der Waals surface area contributed by atoms with E-state index in [0.29, 0.717) is 0 Å². The van der Waals surface area contributed by atoms with Crippen LogP contribution >= 0.6 is 0 Å². The van der Waals surface area contributed by atoms with Crippen molar-refractivity contribution in [1.82, 2.24) is 10.3 Å². The summed E-state index contributed by atoms with van der Waals surface area (Å²) in [5, 5.41) is 3.49. The van der Waals surface area contributed by atoms with Gasteiger partial charge in [-0.25, -0.2) is 0 Å². The Kier molecular flexibility index (Phi) is 3.89. The fourth-order valence-corrected chi connectivity index (χ4v) is 1.81. The quantitative estimate of drug-likeness (QED) is 0.865. The molecule has 0 aliphatic carbocycles. The molecule has 2 aromatic rings. The average Bonchev–Trinajstić information content (AvgIpc) is 2.38. The first-order valence-corrected chi connectivity index (χ1v) is 5.96. The van der Waals surface area contributed by atoms with E-state index in [2.05, 4.69) is 54.5 Å². The third-order valence-electron chi connectivity index (χ3n) is 2.99. The van der Waals surface area contributed by atoms with Crippen molar-refractivity contribution < 1.29 is 0 Å². The highest BCUT2D eigenvalue weighted by Crippen LogP contribution is 2.11. The van der Waals surface area contributed by atoms with Gasteiger partial charge in [0.05, 0.1) is 5.69 Å². The molecule has 0 aliphatic rings. The van der Waals surface area contributed by atoms with Crippen LogP contribution < -0.4 is 5.32 Å². The second kappa shape index (κ2) is 5.60. The molecule has 88 valence electrons. The van der Waals surface area contributed by atoms with Crippen molar-refractivity contribution >= 4 is 0 Å². The molecule has 1 aromatic heterocycles. The molecule has 1 aromatic carbocycles. The molecule has 2 heteroatoms. The van der Waals surface area contributed by atoms with Crippen LogP contribution in [0.5, 0.6) is 0 Å². The van der Waals surface area contributed by atoms with E-state index in [0.717, 1.165) is 12.2 Å². The Morgan fingerprint density at radius 1 is 1.12 bits per heavy atom. The highest BCUT2D eigenvalue weighted by atomic mass is 14.9. The van der Waals surface area contributed by atoms with Crippen LogP contribution in [0.15, 0.2) is 48.7 Å². The van der Waals surface area contributed by atoms with Gasteiger partial charge >= 0.3 is 0 Å². The molecular formula is C15H18N2. The maximum absolute atomic E-state index is 4.35. The number of pyridine rings is 1. The van der Waals surface area contributed by atoms with Gasteiger partial charge in [0.15, 0.2) is 0 Å². The normalized spacial score (nSPS) is 12.4. The molecule has 1 atom stereocenters. The predicted octanol–water partition coefficient (Wildman–Crippen LogP) is 3.24. The van der Waals surface area contributed by atoms with Gasteiger partial charge in [0.2, 0.25) is 0 Å². The fourth-order valence-electron chi connectivity index (χ4n) is 1.81. The van der Waals surface area contributed by atoms with Gasteiger partial charge in [0.25, 0.3) is 0 Å². The molecular weight excluding hydrogens is 208 g/mol. The first-order valence-electron chi connectivity index (χ1n) is 5.96. The van der Waals surface area contributed by atoms with E-state index in [1.54, 1.807) is 0 Å². The van der Waals surface area contributed by atoms with Crippen LogP contribution in [0.2, 0.25) is 0 Å². The zero-order valence-electron chi connectivity index (χ0n) is 10.4. The third-order valence-corrected chi connectivity index (χ3v) is 2.99. The van der Waals surface area contributed by atoms with Crippen LogP contribution in [0.4, 0.5) is 0 Å². The van der Waals surface area contributed by atoms with E-state index < -0.39 is 0 Å². The van der Waals surface area contributed by atoms with Crippen molar-refractivity contribution in [3.05, 3.63) is 65.5 Å². The van der Waals surface area contributed by atoms with Crippen LogP contribution in [0.1, 0.15) is 29.8 Å². The minimum atomic E-state index is 0.274. The van der Waals surface area contributed by atoms with E-state index in [1.807, 2.05) is 18.3 Å². The first-order chi connectivity index (χ1) is 8.27. The fraction of sp³-hybridized carbons (Fsp3) is 0.267. The van der Waals surface area contributed by atoms with Crippen molar-refractivity contribution in [2.24, 2.45) is 0 Å². The van der Waals surface area contributed by atoms with E-state index >= 15 is 0 Å². The molecule has 0 spiro atoms. The molecule has 0 aliphatic heterocycles. The molecule has 0 saturated carbocycles. The molecule has 0 radical (unpaired) electrons. The molecule has 0 amide bonds. The molecule has 0 bridgehead atoms. The number of aromatic nitrogens is 1. The summed E-state index contributed by atoms with van der Waals surface area (Å²) in [7, 11) is 0. The molecule has 17 heavy (non-hydrogen) atoms. The number of aryl methyl sites for hydroxylation is 1. The summed E-state index contributed by atoms with van der Waals surface area (Å²) in [5.74, 6) is 0. The summed E-state index contributed by atoms with van der Waals surface area (Å²) in [5.41, 5.74) is 3.75. The molecule has 1 N–H and O–H groups in total. The Balaban J connectivity index is 1.97. The molecule has 0 unspecified atom stereocenters. The number of hydrogen-bond acceptors (Lipinski definition) is 2. The van der Waals surface area contributed by atoms with Gasteiger partial charge in [-0.3, -0.25) is 4.98 Å². The monoisotopic (exact) mass is 226 g/mol. The number of rotatable bonds is 4. The Hall–Kier alpha value is -1.67. The summed E-state index contributed by atoms with van der Waals surface area (Å²) in [4.78, 5) is 4.35. The van der Waals surface area contributed by atoms with Crippen molar-refractivity contribution in [1.29, 1.82) is 0 Å². The van der Waals surface area contributed by atoms with Crippen LogP contribution in [0.25, 0.3) is 0 Å². The zero-order chi connectivity index (χ0) is 12.1. The van der Waals surface area contributed by atoms with E-state index in [4.69, 9.17) is 0 Å². The number of nitrogens with one attached hydrogen (secondary N) is 1. The highest BCUT2D eigenvalue weighted by molar-refractivity contribution is 5.25. The highest BCUT2D eigenvalue weighted by Gasteiger charge is 2.05. The maximum Gasteiger partial charge on any atom is 0.0570 e. The van der Waals surface area contributed by atoms with Crippen molar-refractivity contribution in [2.75, 3.05) is 0 Å². The zero-order valence-corrected chi connectivity index (χ0v) is 10.4. The van der Waals surface area contributed by atoms with Gasteiger partial charge in [-0.05, 0) is 37.1 Å². The third kappa shape index (κ3) is 3.14. The Morgan fingerprint density at radius 3 is 2.59 bits per heavy atom. The summed E-state index contributed by atoms with van der Waals surface area (Å²) in [6.45, 7) is 5.16. The van der Waals surface area contributed by atoms with Gasteiger partial charge in [-0.2, -0.15) is 0 Å². The molecule has 2 nitrogen and oxygen atoms in total. The summed E-state index contributed by atoms with van der Waals surface area (Å²) < 4.78 is 0. The lowest BCUT2D eigenvalue weighted by molar-refractivity contribution is 0.560. The van der Waals surface area contributed by atoms with Gasteiger partial charge in [-0.15, -0.1) is 0 Å².